The van der Waals surface area contributed by atoms with Gasteiger partial charge in [-0.05, 0) is 80.0 Å². The molecule has 3 heterocycles. The number of hydrogen-bond donors (Lipinski definition) is 3. The molecule has 0 aliphatic heterocycles. The molecule has 8 heteroatoms. The zero-order chi connectivity index (χ0) is 25.1. The number of fused-ring (bicyclic) bond motifs is 2. The normalized spacial score (nSPS) is 23.4. The van der Waals surface area contributed by atoms with Crippen molar-refractivity contribution in [2.45, 2.75) is 57.1 Å². The lowest BCUT2D eigenvalue weighted by Crippen LogP contribution is -2.55. The van der Waals surface area contributed by atoms with Gasteiger partial charge in [0.1, 0.15) is 12.4 Å². The molecule has 1 amide bonds. The van der Waals surface area contributed by atoms with Gasteiger partial charge in [0.05, 0.1) is 29.1 Å². The molecule has 4 aromatic rings. The van der Waals surface area contributed by atoms with Crippen molar-refractivity contribution in [1.82, 2.24) is 19.9 Å². The number of H-pyrrole nitrogens is 1. The van der Waals surface area contributed by atoms with Gasteiger partial charge in [0.15, 0.2) is 0 Å². The summed E-state index contributed by atoms with van der Waals surface area (Å²) in [4.78, 5) is 28.0. The van der Waals surface area contributed by atoms with Gasteiger partial charge in [-0.3, -0.25) is 9.59 Å². The number of rotatable bonds is 6. The van der Waals surface area contributed by atoms with E-state index in [1.165, 1.54) is 5.56 Å². The molecule has 6 rings (SSSR count). The van der Waals surface area contributed by atoms with Gasteiger partial charge >= 0.3 is 0 Å². The van der Waals surface area contributed by atoms with Crippen molar-refractivity contribution in [2.24, 2.45) is 5.41 Å². The van der Waals surface area contributed by atoms with Crippen molar-refractivity contribution in [3.8, 4) is 5.75 Å². The van der Waals surface area contributed by atoms with Gasteiger partial charge in [-0.1, -0.05) is 18.2 Å². The number of hydrogen-bond acceptors (Lipinski definition) is 5. The molecule has 2 fully saturated rings. The highest BCUT2D eigenvalue weighted by Crippen LogP contribution is 2.62. The molecule has 1 spiro atoms. The summed E-state index contributed by atoms with van der Waals surface area (Å²) < 4.78 is 7.25. The zero-order valence-corrected chi connectivity index (χ0v) is 20.5. The maximum atomic E-state index is 13.0. The van der Waals surface area contributed by atoms with E-state index < -0.39 is 5.60 Å². The lowest BCUT2D eigenvalue weighted by Gasteiger charge is -2.58. The second-order valence-electron chi connectivity index (χ2n) is 11.2. The SMILES string of the molecule is CC(C)(O)COc1ccc2c(C(=O)NC3CC4(C3)CC(c3c[nH]c(=O)c5ccccc35)C4)cnn2c1. The van der Waals surface area contributed by atoms with E-state index in [4.69, 9.17) is 4.74 Å². The van der Waals surface area contributed by atoms with Crippen molar-refractivity contribution in [3.63, 3.8) is 0 Å². The van der Waals surface area contributed by atoms with E-state index in [1.807, 2.05) is 36.5 Å². The fourth-order valence-corrected chi connectivity index (χ4v) is 5.94. The molecule has 2 saturated carbocycles. The second-order valence-corrected chi connectivity index (χ2v) is 11.2. The van der Waals surface area contributed by atoms with Gasteiger partial charge in [0.25, 0.3) is 11.5 Å². The quantitative estimate of drug-likeness (QED) is 0.384. The van der Waals surface area contributed by atoms with Crippen LogP contribution in [0.3, 0.4) is 0 Å². The summed E-state index contributed by atoms with van der Waals surface area (Å²) in [5.41, 5.74) is 1.79. The van der Waals surface area contributed by atoms with E-state index in [0.717, 1.165) is 36.5 Å². The van der Waals surface area contributed by atoms with Gasteiger partial charge in [0, 0.05) is 17.6 Å². The van der Waals surface area contributed by atoms with E-state index in [9.17, 15) is 14.7 Å². The van der Waals surface area contributed by atoms with Gasteiger partial charge in [-0.2, -0.15) is 5.10 Å². The van der Waals surface area contributed by atoms with Crippen LogP contribution in [0.25, 0.3) is 16.3 Å². The van der Waals surface area contributed by atoms with Crippen LogP contribution in [0.1, 0.15) is 61.4 Å². The number of carbonyl (C=O) groups is 1. The lowest BCUT2D eigenvalue weighted by atomic mass is 9.49. The molecular formula is C28H30N4O4. The van der Waals surface area contributed by atoms with E-state index >= 15 is 0 Å². The predicted octanol–water partition coefficient (Wildman–Crippen LogP) is 3.78. The number of amides is 1. The third kappa shape index (κ3) is 4.05. The number of nitrogens with zero attached hydrogens (tertiary/aromatic N) is 2. The molecule has 0 unspecified atom stereocenters. The molecule has 3 N–H and O–H groups in total. The van der Waals surface area contributed by atoms with Crippen LogP contribution in [0.5, 0.6) is 5.75 Å². The van der Waals surface area contributed by atoms with Crippen LogP contribution in [0.15, 0.2) is 59.8 Å². The van der Waals surface area contributed by atoms with Crippen LogP contribution < -0.4 is 15.6 Å². The number of pyridine rings is 2. The van der Waals surface area contributed by atoms with Crippen LogP contribution in [0.4, 0.5) is 0 Å². The van der Waals surface area contributed by atoms with Crippen molar-refractivity contribution < 1.29 is 14.6 Å². The van der Waals surface area contributed by atoms with Crippen molar-refractivity contribution in [2.75, 3.05) is 6.61 Å². The number of aromatic amines is 1. The lowest BCUT2D eigenvalue weighted by molar-refractivity contribution is -0.0184. The van der Waals surface area contributed by atoms with Crippen molar-refractivity contribution in [3.05, 3.63) is 76.5 Å². The van der Waals surface area contributed by atoms with Gasteiger partial charge in [-0.25, -0.2) is 4.52 Å². The average Bonchev–Trinajstić information content (AvgIpc) is 3.22. The van der Waals surface area contributed by atoms with Crippen LogP contribution in [0, 0.1) is 5.41 Å². The fourth-order valence-electron chi connectivity index (χ4n) is 5.94. The maximum Gasteiger partial charge on any atom is 0.255 e. The van der Waals surface area contributed by atoms with Gasteiger partial charge in [0.2, 0.25) is 0 Å². The third-order valence-electron chi connectivity index (χ3n) is 7.66. The van der Waals surface area contributed by atoms with E-state index in [1.54, 1.807) is 36.8 Å². The third-order valence-corrected chi connectivity index (χ3v) is 7.66. The Morgan fingerprint density at radius 3 is 2.69 bits per heavy atom. The Balaban J connectivity index is 1.07. The molecule has 3 aromatic heterocycles. The Hall–Kier alpha value is -3.65. The van der Waals surface area contributed by atoms with Crippen LogP contribution in [-0.2, 0) is 0 Å². The maximum absolute atomic E-state index is 13.0. The minimum Gasteiger partial charge on any atom is -0.489 e. The van der Waals surface area contributed by atoms with E-state index in [-0.39, 0.29) is 29.5 Å². The predicted molar refractivity (Wildman–Crippen MR) is 136 cm³/mol. The summed E-state index contributed by atoms with van der Waals surface area (Å²) in [5.74, 6) is 0.906. The number of aromatic nitrogens is 3. The number of nitrogens with one attached hydrogen (secondary N) is 2. The van der Waals surface area contributed by atoms with Crippen LogP contribution in [0.2, 0.25) is 0 Å². The molecule has 0 bridgehead atoms. The Kier molecular flexibility index (Phi) is 5.19. The summed E-state index contributed by atoms with van der Waals surface area (Å²) in [7, 11) is 0. The number of aliphatic hydroxyl groups is 1. The molecule has 0 atom stereocenters. The number of benzene rings is 1. The van der Waals surface area contributed by atoms with E-state index in [0.29, 0.717) is 22.7 Å². The molecule has 1 aromatic carbocycles. The Morgan fingerprint density at radius 2 is 1.94 bits per heavy atom. The van der Waals surface area contributed by atoms with Crippen LogP contribution in [-0.4, -0.2) is 43.9 Å². The summed E-state index contributed by atoms with van der Waals surface area (Å²) in [6.45, 7) is 3.53. The molecule has 2 aliphatic carbocycles. The molecule has 36 heavy (non-hydrogen) atoms. The smallest absolute Gasteiger partial charge is 0.255 e. The minimum atomic E-state index is -0.932. The van der Waals surface area contributed by atoms with Crippen LogP contribution >= 0.6 is 0 Å². The Morgan fingerprint density at radius 1 is 1.19 bits per heavy atom. The molecule has 0 radical (unpaired) electrons. The fraction of sp³-hybridized carbons (Fsp3) is 0.393. The van der Waals surface area contributed by atoms with Crippen molar-refractivity contribution >= 4 is 22.2 Å². The standard InChI is InChI=1S/C28H30N4O4/c1-27(2,35)16-36-19-7-8-24-23(14-30-32(24)15-19)26(34)31-18-11-28(12-18)9-17(10-28)22-13-29-25(33)21-6-4-3-5-20(21)22/h3-8,13-15,17-18,35H,9-12,16H2,1-2H3,(H,29,33)(H,31,34). The first-order chi connectivity index (χ1) is 17.2. The Bertz CT molecular complexity index is 1520. The van der Waals surface area contributed by atoms with Gasteiger partial charge < -0.3 is 20.1 Å². The molecule has 0 saturated heterocycles. The second kappa shape index (κ2) is 8.20. The molecule has 186 valence electrons. The minimum absolute atomic E-state index is 0.0413. The largest absolute Gasteiger partial charge is 0.489 e. The summed E-state index contributed by atoms with van der Waals surface area (Å²) in [6.07, 6.45) is 9.30. The highest BCUT2D eigenvalue weighted by molar-refractivity contribution is 6.00. The first kappa shape index (κ1) is 22.8. The highest BCUT2D eigenvalue weighted by atomic mass is 16.5. The topological polar surface area (TPSA) is 109 Å². The van der Waals surface area contributed by atoms with E-state index in [2.05, 4.69) is 15.4 Å². The first-order valence-electron chi connectivity index (χ1n) is 12.4. The Labute approximate surface area is 208 Å². The molecule has 8 nitrogen and oxygen atoms in total. The van der Waals surface area contributed by atoms with Gasteiger partial charge in [-0.15, -0.1) is 0 Å². The monoisotopic (exact) mass is 486 g/mol. The molecular weight excluding hydrogens is 456 g/mol. The average molecular weight is 487 g/mol. The zero-order valence-electron chi connectivity index (χ0n) is 20.5. The summed E-state index contributed by atoms with van der Waals surface area (Å²) in [6, 6.07) is 11.6. The highest BCUT2D eigenvalue weighted by Gasteiger charge is 2.53. The summed E-state index contributed by atoms with van der Waals surface area (Å²) in [5, 5.41) is 19.1. The number of ether oxygens (including phenoxy) is 1. The molecule has 2 aliphatic rings. The first-order valence-corrected chi connectivity index (χ1v) is 12.4. The number of carbonyl (C=O) groups excluding carboxylic acids is 1. The summed E-state index contributed by atoms with van der Waals surface area (Å²) >= 11 is 0. The van der Waals surface area contributed by atoms with Crippen molar-refractivity contribution in [1.29, 1.82) is 0 Å².